The highest BCUT2D eigenvalue weighted by Crippen LogP contribution is 2.25. The fourth-order valence-electron chi connectivity index (χ4n) is 2.97. The molecule has 0 saturated heterocycles. The van der Waals surface area contributed by atoms with Crippen molar-refractivity contribution < 1.29 is 9.63 Å². The number of carbonyl (C=O) groups is 1. The van der Waals surface area contributed by atoms with Crippen molar-refractivity contribution in [1.29, 1.82) is 0 Å². The molecule has 0 heterocycles. The Hall–Kier alpha value is -2.17. The zero-order chi connectivity index (χ0) is 23.4. The van der Waals surface area contributed by atoms with Gasteiger partial charge in [0.2, 0.25) is 0 Å². The third kappa shape index (κ3) is 8.84. The van der Waals surface area contributed by atoms with Gasteiger partial charge < -0.3 is 22.1 Å². The first kappa shape index (κ1) is 26.9. The summed E-state index contributed by atoms with van der Waals surface area (Å²) in [7, 11) is 1.87. The van der Waals surface area contributed by atoms with Crippen molar-refractivity contribution in [2.24, 2.45) is 11.5 Å². The van der Waals surface area contributed by atoms with E-state index in [1.54, 1.807) is 0 Å². The second kappa shape index (κ2) is 14.0. The molecular formula is C22H41N7O2. The van der Waals surface area contributed by atoms with E-state index < -0.39 is 6.17 Å². The maximum atomic E-state index is 13.1. The molecule has 9 heteroatoms. The van der Waals surface area contributed by atoms with E-state index in [4.69, 9.17) is 16.3 Å². The van der Waals surface area contributed by atoms with Gasteiger partial charge in [0.1, 0.15) is 0 Å². The molecule has 31 heavy (non-hydrogen) atoms. The summed E-state index contributed by atoms with van der Waals surface area (Å²) in [6.07, 6.45) is 2.23. The average molecular weight is 436 g/mol. The summed E-state index contributed by atoms with van der Waals surface area (Å²) in [5, 5.41) is 12.6. The van der Waals surface area contributed by atoms with E-state index in [1.807, 2.05) is 46.9 Å². The van der Waals surface area contributed by atoms with Crippen molar-refractivity contribution in [1.82, 2.24) is 16.0 Å². The van der Waals surface area contributed by atoms with Gasteiger partial charge in [-0.05, 0) is 64.4 Å². The van der Waals surface area contributed by atoms with Crippen LogP contribution in [0, 0.1) is 13.8 Å². The SMILES string of the molecule is CCCNC(NC(N)CC)/C(=C\N)C(=O)Nc1cc(NOC(C)CNC)c(C)cc1C. The summed E-state index contributed by atoms with van der Waals surface area (Å²) in [6, 6.07) is 3.86. The Labute approximate surface area is 186 Å². The third-order valence-corrected chi connectivity index (χ3v) is 4.85. The molecule has 0 aliphatic carbocycles. The van der Waals surface area contributed by atoms with Gasteiger partial charge in [-0.15, -0.1) is 0 Å². The summed E-state index contributed by atoms with van der Waals surface area (Å²) >= 11 is 0. The van der Waals surface area contributed by atoms with Gasteiger partial charge in [-0.3, -0.25) is 25.7 Å². The molecule has 9 N–H and O–H groups in total. The molecule has 0 aliphatic heterocycles. The van der Waals surface area contributed by atoms with Crippen LogP contribution in [0.4, 0.5) is 11.4 Å². The molecule has 0 fully saturated rings. The average Bonchev–Trinajstić information content (AvgIpc) is 2.73. The Balaban J connectivity index is 3.01. The van der Waals surface area contributed by atoms with Gasteiger partial charge in [0.25, 0.3) is 5.91 Å². The molecule has 3 atom stereocenters. The lowest BCUT2D eigenvalue weighted by atomic mass is 10.1. The highest BCUT2D eigenvalue weighted by atomic mass is 16.7. The van der Waals surface area contributed by atoms with E-state index >= 15 is 0 Å². The molecule has 0 bridgehead atoms. The number of aryl methyl sites for hydroxylation is 2. The van der Waals surface area contributed by atoms with Crippen LogP contribution in [0.3, 0.4) is 0 Å². The maximum absolute atomic E-state index is 13.1. The Morgan fingerprint density at radius 2 is 1.87 bits per heavy atom. The number of likely N-dealkylation sites (N-methyl/N-ethyl adjacent to an activating group) is 1. The van der Waals surface area contributed by atoms with Crippen LogP contribution < -0.4 is 38.2 Å². The van der Waals surface area contributed by atoms with Crippen molar-refractivity contribution in [2.75, 3.05) is 30.9 Å². The number of carbonyl (C=O) groups excluding carboxylic acids is 1. The van der Waals surface area contributed by atoms with Crippen molar-refractivity contribution in [3.63, 3.8) is 0 Å². The molecule has 1 amide bonds. The lowest BCUT2D eigenvalue weighted by molar-refractivity contribution is -0.113. The standard InChI is InChI=1S/C22H41N7O2/c1-7-9-26-21(28-20(24)8-2)17(12-23)22(30)27-18-11-19(15(4)10-14(18)3)29-31-16(5)13-25-6/h10-12,16,20-21,25-26,28-29H,7-9,13,23-24H2,1-6H3,(H,27,30)/b17-12+. The van der Waals surface area contributed by atoms with Crippen LogP contribution in [-0.2, 0) is 9.63 Å². The Morgan fingerprint density at radius 1 is 1.19 bits per heavy atom. The maximum Gasteiger partial charge on any atom is 0.256 e. The Bertz CT molecular complexity index is 724. The predicted octanol–water partition coefficient (Wildman–Crippen LogP) is 1.65. The second-order valence-corrected chi connectivity index (χ2v) is 7.71. The topological polar surface area (TPSA) is 138 Å². The van der Waals surface area contributed by atoms with Gasteiger partial charge in [0, 0.05) is 18.4 Å². The van der Waals surface area contributed by atoms with E-state index in [9.17, 15) is 4.79 Å². The van der Waals surface area contributed by atoms with Gasteiger partial charge in [-0.2, -0.15) is 0 Å². The number of anilines is 2. The number of hydrogen-bond acceptors (Lipinski definition) is 8. The van der Waals surface area contributed by atoms with Crippen molar-refractivity contribution in [2.45, 2.75) is 65.9 Å². The molecule has 1 rings (SSSR count). The summed E-state index contributed by atoms with van der Waals surface area (Å²) in [5.74, 6) is -0.297. The minimum absolute atomic E-state index is 0.0187. The predicted molar refractivity (Wildman–Crippen MR) is 128 cm³/mol. The number of amides is 1. The first-order chi connectivity index (χ1) is 14.8. The molecule has 1 aromatic rings. The third-order valence-electron chi connectivity index (χ3n) is 4.85. The lowest BCUT2D eigenvalue weighted by Crippen LogP contribution is -2.53. The smallest absolute Gasteiger partial charge is 0.256 e. The van der Waals surface area contributed by atoms with Crippen LogP contribution in [0.1, 0.15) is 44.7 Å². The van der Waals surface area contributed by atoms with Gasteiger partial charge >= 0.3 is 0 Å². The van der Waals surface area contributed by atoms with Crippen LogP contribution in [0.2, 0.25) is 0 Å². The normalized spacial score (nSPS) is 14.7. The Morgan fingerprint density at radius 3 is 2.45 bits per heavy atom. The zero-order valence-electron chi connectivity index (χ0n) is 19.8. The molecule has 0 aliphatic rings. The van der Waals surface area contributed by atoms with Crippen LogP contribution in [0.25, 0.3) is 0 Å². The quantitative estimate of drug-likeness (QED) is 0.133. The fourth-order valence-corrected chi connectivity index (χ4v) is 2.97. The van der Waals surface area contributed by atoms with Crippen LogP contribution >= 0.6 is 0 Å². The second-order valence-electron chi connectivity index (χ2n) is 7.71. The molecule has 0 saturated carbocycles. The first-order valence-electron chi connectivity index (χ1n) is 10.9. The van der Waals surface area contributed by atoms with Gasteiger partial charge in [-0.1, -0.05) is 19.9 Å². The lowest BCUT2D eigenvalue weighted by Gasteiger charge is -2.26. The highest BCUT2D eigenvalue weighted by Gasteiger charge is 2.22. The minimum Gasteiger partial charge on any atom is -0.404 e. The van der Waals surface area contributed by atoms with E-state index in [-0.39, 0.29) is 18.2 Å². The fraction of sp³-hybridized carbons (Fsp3) is 0.591. The van der Waals surface area contributed by atoms with Gasteiger partial charge in [-0.25, -0.2) is 0 Å². The van der Waals surface area contributed by atoms with E-state index in [2.05, 4.69) is 33.7 Å². The molecule has 0 radical (unpaired) electrons. The minimum atomic E-state index is -0.450. The number of nitrogens with one attached hydrogen (secondary N) is 5. The van der Waals surface area contributed by atoms with Crippen molar-refractivity contribution in [3.05, 3.63) is 35.0 Å². The molecule has 9 nitrogen and oxygen atoms in total. The monoisotopic (exact) mass is 435 g/mol. The number of nitrogens with two attached hydrogens (primary N) is 2. The van der Waals surface area contributed by atoms with Crippen LogP contribution in [0.15, 0.2) is 23.9 Å². The molecule has 1 aromatic carbocycles. The van der Waals surface area contributed by atoms with Crippen LogP contribution in [-0.4, -0.2) is 44.5 Å². The summed E-state index contributed by atoms with van der Waals surface area (Å²) in [6.45, 7) is 11.4. The summed E-state index contributed by atoms with van der Waals surface area (Å²) in [5.41, 5.74) is 18.7. The molecule has 3 unspecified atom stereocenters. The molecule has 0 aromatic heterocycles. The first-order valence-corrected chi connectivity index (χ1v) is 10.9. The van der Waals surface area contributed by atoms with E-state index in [1.165, 1.54) is 6.20 Å². The zero-order valence-corrected chi connectivity index (χ0v) is 19.8. The van der Waals surface area contributed by atoms with Crippen LogP contribution in [0.5, 0.6) is 0 Å². The molecular weight excluding hydrogens is 394 g/mol. The largest absolute Gasteiger partial charge is 0.404 e. The van der Waals surface area contributed by atoms with Crippen molar-refractivity contribution >= 4 is 17.3 Å². The number of rotatable bonds is 14. The van der Waals surface area contributed by atoms with E-state index in [0.29, 0.717) is 17.8 Å². The molecule has 176 valence electrons. The van der Waals surface area contributed by atoms with Crippen molar-refractivity contribution in [3.8, 4) is 0 Å². The highest BCUT2D eigenvalue weighted by molar-refractivity contribution is 6.05. The summed E-state index contributed by atoms with van der Waals surface area (Å²) in [4.78, 5) is 18.7. The molecule has 0 spiro atoms. The van der Waals surface area contributed by atoms with Gasteiger partial charge in [0.05, 0.1) is 29.7 Å². The Kier molecular flexibility index (Phi) is 12.1. The van der Waals surface area contributed by atoms with Gasteiger partial charge in [0.15, 0.2) is 0 Å². The number of hydrogen-bond donors (Lipinski definition) is 7. The summed E-state index contributed by atoms with van der Waals surface area (Å²) < 4.78 is 0. The number of benzene rings is 1. The van der Waals surface area contributed by atoms with E-state index in [0.717, 1.165) is 36.2 Å².